The van der Waals surface area contributed by atoms with Gasteiger partial charge >= 0.3 is 17.9 Å². The molecule has 0 spiro atoms. The lowest BCUT2D eigenvalue weighted by Crippen LogP contribution is -2.13. The van der Waals surface area contributed by atoms with Gasteiger partial charge < -0.3 is 19.3 Å². The third-order valence-electron chi connectivity index (χ3n) is 3.24. The zero-order valence-corrected chi connectivity index (χ0v) is 20.6. The van der Waals surface area contributed by atoms with Crippen molar-refractivity contribution >= 4 is 28.0 Å². The first-order valence-corrected chi connectivity index (χ1v) is 11.3. The van der Waals surface area contributed by atoms with Crippen LogP contribution < -0.4 is 0 Å². The monoisotopic (exact) mass is 500 g/mol. The van der Waals surface area contributed by atoms with Crippen LogP contribution in [0.5, 0.6) is 0 Å². The van der Waals surface area contributed by atoms with E-state index in [1.54, 1.807) is 19.1 Å². The molecule has 1 aromatic carbocycles. The quantitative estimate of drug-likeness (QED) is 0.127. The lowest BCUT2D eigenvalue weighted by Gasteiger charge is -2.06. The maximum Gasteiger partial charge on any atom is 0.333 e. The van der Waals surface area contributed by atoms with Gasteiger partial charge in [0.1, 0.15) is 13.2 Å². The number of carbonyl (C=O) groups is 3. The van der Waals surface area contributed by atoms with Crippen LogP contribution in [0.15, 0.2) is 66.3 Å². The van der Waals surface area contributed by atoms with Gasteiger partial charge in [0, 0.05) is 11.6 Å². The van der Waals surface area contributed by atoms with Gasteiger partial charge in [0.25, 0.3) is 10.1 Å². The maximum absolute atomic E-state index is 11.7. The van der Waals surface area contributed by atoms with Crippen LogP contribution in [0.25, 0.3) is 0 Å². The maximum atomic E-state index is 11.7. The molecule has 0 aliphatic heterocycles. The molecule has 190 valence electrons. The van der Waals surface area contributed by atoms with E-state index < -0.39 is 22.1 Å². The van der Waals surface area contributed by atoms with Crippen molar-refractivity contribution in [3.8, 4) is 0 Å². The number of ether oxygens (including phenoxy) is 3. The molecule has 0 heterocycles. The number of hydrogen-bond donors (Lipinski definition) is 1. The summed E-state index contributed by atoms with van der Waals surface area (Å²) in [6.45, 7) is 12.0. The van der Waals surface area contributed by atoms with Crippen LogP contribution >= 0.6 is 0 Å². The van der Waals surface area contributed by atoms with Crippen molar-refractivity contribution < 1.29 is 46.3 Å². The Morgan fingerprint density at radius 3 is 2.00 bits per heavy atom. The number of methoxy groups -OCH3 is 1. The Labute approximate surface area is 200 Å². The van der Waals surface area contributed by atoms with Crippen LogP contribution in [0.2, 0.25) is 0 Å². The summed E-state index contributed by atoms with van der Waals surface area (Å²) in [5, 5.41) is 8.05. The second-order valence-corrected chi connectivity index (χ2v) is 7.83. The average Bonchev–Trinajstić information content (AvgIpc) is 2.81. The van der Waals surface area contributed by atoms with Gasteiger partial charge in [-0.2, -0.15) is 8.42 Å². The fourth-order valence-electron chi connectivity index (χ4n) is 1.60. The third-order valence-corrected chi connectivity index (χ3v) is 4.56. The van der Waals surface area contributed by atoms with Crippen LogP contribution in [-0.2, 0) is 42.9 Å². The Bertz CT molecular complexity index is 916. The number of aryl methyl sites for hydroxylation is 1. The first-order valence-electron chi connectivity index (χ1n) is 9.91. The summed E-state index contributed by atoms with van der Waals surface area (Å²) in [7, 11) is -2.47. The van der Waals surface area contributed by atoms with E-state index >= 15 is 0 Å². The summed E-state index contributed by atoms with van der Waals surface area (Å²) >= 11 is 0. The zero-order chi connectivity index (χ0) is 26.6. The van der Waals surface area contributed by atoms with Gasteiger partial charge in [-0.25, -0.2) is 14.4 Å². The van der Waals surface area contributed by atoms with Gasteiger partial charge in [0.2, 0.25) is 0 Å². The standard InChI is InChI=1S/C12H14O5S.C6H10O3.C5H8O2/c1-3-12(13)16-8-9-17-18(14,15)11-6-4-10(2)5-7-11;1-2-5-9-6(8)3-4-7;1-4(2)5(6)7-3/h3-7H,1,8-9H2,2H3;3-4,7H,2,5H2,1H3;1H2,2-3H3. The van der Waals surface area contributed by atoms with Crippen LogP contribution in [0.4, 0.5) is 0 Å². The first-order chi connectivity index (χ1) is 15.9. The van der Waals surface area contributed by atoms with Crippen molar-refractivity contribution in [1.82, 2.24) is 0 Å². The molecule has 1 N–H and O–H groups in total. The van der Waals surface area contributed by atoms with E-state index in [9.17, 15) is 22.8 Å². The number of esters is 3. The Balaban J connectivity index is 0. The topological polar surface area (TPSA) is 142 Å². The van der Waals surface area contributed by atoms with Gasteiger partial charge in [-0.3, -0.25) is 4.18 Å². The van der Waals surface area contributed by atoms with E-state index in [-0.39, 0.29) is 24.1 Å². The van der Waals surface area contributed by atoms with Crippen molar-refractivity contribution in [1.29, 1.82) is 0 Å². The number of hydrogen-bond acceptors (Lipinski definition) is 10. The zero-order valence-electron chi connectivity index (χ0n) is 19.8. The lowest BCUT2D eigenvalue weighted by atomic mass is 10.2. The van der Waals surface area contributed by atoms with Crippen LogP contribution in [0, 0.1) is 6.92 Å². The molecule has 0 saturated carbocycles. The molecule has 1 rings (SSSR count). The highest BCUT2D eigenvalue weighted by Gasteiger charge is 2.14. The molecule has 0 fully saturated rings. The summed E-state index contributed by atoms with van der Waals surface area (Å²) in [6.07, 6.45) is 3.42. The second kappa shape index (κ2) is 19.1. The summed E-state index contributed by atoms with van der Waals surface area (Å²) in [5.74, 6) is -1.47. The molecule has 0 amide bonds. The van der Waals surface area contributed by atoms with Crippen LogP contribution in [0.1, 0.15) is 25.8 Å². The Hall–Kier alpha value is -3.44. The summed E-state index contributed by atoms with van der Waals surface area (Å²) in [4.78, 5) is 31.3. The van der Waals surface area contributed by atoms with Gasteiger partial charge in [0.15, 0.2) is 0 Å². The van der Waals surface area contributed by atoms with Gasteiger partial charge in [-0.05, 0) is 32.4 Å². The minimum Gasteiger partial charge on any atom is -0.515 e. The van der Waals surface area contributed by atoms with E-state index in [1.165, 1.54) is 19.2 Å². The van der Waals surface area contributed by atoms with Gasteiger partial charge in [0.05, 0.1) is 31.0 Å². The van der Waals surface area contributed by atoms with E-state index in [1.807, 2.05) is 13.8 Å². The third kappa shape index (κ3) is 17.2. The lowest BCUT2D eigenvalue weighted by molar-refractivity contribution is -0.139. The molecular formula is C23H32O10S. The van der Waals surface area contributed by atoms with E-state index in [2.05, 4.69) is 27.4 Å². The number of aliphatic hydroxyl groups is 1. The van der Waals surface area contributed by atoms with Crippen molar-refractivity contribution in [2.24, 2.45) is 0 Å². The largest absolute Gasteiger partial charge is 0.515 e. The fraction of sp³-hybridized carbons (Fsp3) is 0.348. The molecule has 10 nitrogen and oxygen atoms in total. The number of rotatable bonds is 10. The molecule has 0 aromatic heterocycles. The highest BCUT2D eigenvalue weighted by atomic mass is 32.2. The summed E-state index contributed by atoms with van der Waals surface area (Å²) in [5.41, 5.74) is 1.39. The molecule has 0 saturated heterocycles. The van der Waals surface area contributed by atoms with Crippen LogP contribution in [-0.4, -0.2) is 58.4 Å². The van der Waals surface area contributed by atoms with Crippen LogP contribution in [0.3, 0.4) is 0 Å². The average molecular weight is 501 g/mol. The summed E-state index contributed by atoms with van der Waals surface area (Å²) < 4.78 is 41.5. The molecular weight excluding hydrogens is 468 g/mol. The molecule has 0 unspecified atom stereocenters. The van der Waals surface area contributed by atoms with Crippen molar-refractivity contribution in [2.75, 3.05) is 26.9 Å². The number of aliphatic hydroxyl groups excluding tert-OH is 1. The highest BCUT2D eigenvalue weighted by molar-refractivity contribution is 7.86. The van der Waals surface area contributed by atoms with Crippen molar-refractivity contribution in [2.45, 2.75) is 32.1 Å². The first kappa shape index (κ1) is 32.7. The van der Waals surface area contributed by atoms with Crippen molar-refractivity contribution in [3.63, 3.8) is 0 Å². The second-order valence-electron chi connectivity index (χ2n) is 6.22. The molecule has 0 bridgehead atoms. The van der Waals surface area contributed by atoms with E-state index in [0.29, 0.717) is 18.4 Å². The molecule has 0 aliphatic carbocycles. The van der Waals surface area contributed by atoms with Gasteiger partial charge in [-0.15, -0.1) is 0 Å². The Morgan fingerprint density at radius 1 is 1.03 bits per heavy atom. The van der Waals surface area contributed by atoms with Crippen molar-refractivity contribution in [3.05, 3.63) is 67.0 Å². The molecule has 0 atom stereocenters. The molecule has 0 radical (unpaired) electrons. The number of benzene rings is 1. The Kier molecular flexibility index (Phi) is 18.4. The predicted molar refractivity (Wildman–Crippen MR) is 125 cm³/mol. The SMILES string of the molecule is C=C(C)C(=O)OC.C=CC(=O)OCCOS(=O)(=O)c1ccc(C)cc1.CCCOC(=O)C=CO. The molecule has 0 aliphatic rings. The van der Waals surface area contributed by atoms with Gasteiger partial charge in [-0.1, -0.05) is 37.8 Å². The molecule has 1 aromatic rings. The molecule has 34 heavy (non-hydrogen) atoms. The highest BCUT2D eigenvalue weighted by Crippen LogP contribution is 2.12. The summed E-state index contributed by atoms with van der Waals surface area (Å²) in [6, 6.07) is 6.27. The Morgan fingerprint density at radius 2 is 1.59 bits per heavy atom. The minimum atomic E-state index is -3.80. The van der Waals surface area contributed by atoms with E-state index in [0.717, 1.165) is 24.1 Å². The molecule has 11 heteroatoms. The van der Waals surface area contributed by atoms with E-state index in [4.69, 9.17) is 9.29 Å². The smallest absolute Gasteiger partial charge is 0.333 e. The predicted octanol–water partition coefficient (Wildman–Crippen LogP) is 3.18. The minimum absolute atomic E-state index is 0.0724. The number of carbonyl (C=O) groups excluding carboxylic acids is 3. The normalized spacial score (nSPS) is 10.0. The fourth-order valence-corrected chi connectivity index (χ4v) is 2.50.